The fraction of sp³-hybridized carbons (Fsp3) is 0.0909. The minimum Gasteiger partial charge on any atom is -0.495 e. The maximum absolute atomic E-state index is 6.02. The molecule has 0 spiro atoms. The molecule has 0 aliphatic heterocycles. The normalized spacial score (nSPS) is 10.3. The highest BCUT2D eigenvalue weighted by molar-refractivity contribution is 6.32. The predicted octanol–water partition coefficient (Wildman–Crippen LogP) is 2.93. The summed E-state index contributed by atoms with van der Waals surface area (Å²) in [5, 5.41) is 0.573. The number of hydrogen-bond donors (Lipinski definition) is 2. The molecule has 15 heavy (non-hydrogen) atoms. The van der Waals surface area contributed by atoms with Crippen molar-refractivity contribution in [1.29, 1.82) is 0 Å². The van der Waals surface area contributed by atoms with Gasteiger partial charge < -0.3 is 15.5 Å². The van der Waals surface area contributed by atoms with E-state index in [0.717, 1.165) is 11.3 Å². The zero-order valence-corrected chi connectivity index (χ0v) is 9.01. The Morgan fingerprint density at radius 3 is 2.67 bits per heavy atom. The van der Waals surface area contributed by atoms with E-state index in [1.165, 1.54) is 0 Å². The van der Waals surface area contributed by atoms with Gasteiger partial charge in [-0.15, -0.1) is 0 Å². The zero-order chi connectivity index (χ0) is 10.8. The minimum atomic E-state index is 0.573. The number of nitrogens with one attached hydrogen (secondary N) is 1. The van der Waals surface area contributed by atoms with E-state index in [1.807, 2.05) is 24.3 Å². The van der Waals surface area contributed by atoms with Crippen molar-refractivity contribution in [2.45, 2.75) is 0 Å². The molecule has 0 aliphatic rings. The fourth-order valence-corrected chi connectivity index (χ4v) is 1.71. The van der Waals surface area contributed by atoms with E-state index in [4.69, 9.17) is 22.1 Å². The smallest absolute Gasteiger partial charge is 0.137 e. The Labute approximate surface area is 92.8 Å². The molecule has 0 bridgehead atoms. The van der Waals surface area contributed by atoms with Crippen LogP contribution in [0.2, 0.25) is 5.02 Å². The van der Waals surface area contributed by atoms with Gasteiger partial charge in [-0.25, -0.2) is 0 Å². The van der Waals surface area contributed by atoms with E-state index in [0.29, 0.717) is 16.5 Å². The summed E-state index contributed by atoms with van der Waals surface area (Å²) < 4.78 is 5.07. The van der Waals surface area contributed by atoms with Gasteiger partial charge in [0.15, 0.2) is 0 Å². The van der Waals surface area contributed by atoms with E-state index in [2.05, 4.69) is 4.98 Å². The van der Waals surface area contributed by atoms with Gasteiger partial charge in [-0.1, -0.05) is 11.6 Å². The largest absolute Gasteiger partial charge is 0.495 e. The van der Waals surface area contributed by atoms with Gasteiger partial charge in [-0.05, 0) is 24.3 Å². The van der Waals surface area contributed by atoms with Crippen molar-refractivity contribution in [3.63, 3.8) is 0 Å². The van der Waals surface area contributed by atoms with E-state index >= 15 is 0 Å². The minimum absolute atomic E-state index is 0.573. The van der Waals surface area contributed by atoms with Gasteiger partial charge in [-0.3, -0.25) is 0 Å². The second kappa shape index (κ2) is 3.87. The van der Waals surface area contributed by atoms with Crippen LogP contribution in [-0.4, -0.2) is 12.1 Å². The zero-order valence-electron chi connectivity index (χ0n) is 8.25. The van der Waals surface area contributed by atoms with Crippen LogP contribution in [0, 0.1) is 0 Å². The molecule has 3 N–H and O–H groups in total. The highest BCUT2D eigenvalue weighted by Crippen LogP contribution is 2.31. The Morgan fingerprint density at radius 1 is 1.33 bits per heavy atom. The van der Waals surface area contributed by atoms with E-state index in [1.54, 1.807) is 13.3 Å². The van der Waals surface area contributed by atoms with Crippen molar-refractivity contribution in [3.05, 3.63) is 35.5 Å². The number of anilines is 1. The van der Waals surface area contributed by atoms with Gasteiger partial charge in [0.1, 0.15) is 5.75 Å². The van der Waals surface area contributed by atoms with Crippen molar-refractivity contribution in [2.24, 2.45) is 0 Å². The van der Waals surface area contributed by atoms with Crippen LogP contribution in [0.4, 0.5) is 5.69 Å². The molecule has 0 saturated heterocycles. The number of halogens is 1. The molecule has 0 fully saturated rings. The summed E-state index contributed by atoms with van der Waals surface area (Å²) in [5.74, 6) is 0.658. The first-order valence-electron chi connectivity index (χ1n) is 4.49. The molecule has 3 nitrogen and oxygen atoms in total. The summed E-state index contributed by atoms with van der Waals surface area (Å²) in [4.78, 5) is 3.06. The molecule has 2 rings (SSSR count). The van der Waals surface area contributed by atoms with E-state index in [9.17, 15) is 0 Å². The van der Waals surface area contributed by atoms with Crippen LogP contribution in [-0.2, 0) is 0 Å². The number of aromatic amines is 1. The van der Waals surface area contributed by atoms with Gasteiger partial charge in [0.2, 0.25) is 0 Å². The molecule has 0 amide bonds. The molecule has 1 aromatic heterocycles. The predicted molar refractivity (Wildman–Crippen MR) is 62.2 cm³/mol. The second-order valence-electron chi connectivity index (χ2n) is 3.16. The molecular weight excluding hydrogens is 212 g/mol. The molecule has 1 heterocycles. The third kappa shape index (κ3) is 1.78. The fourth-order valence-electron chi connectivity index (χ4n) is 1.45. The van der Waals surface area contributed by atoms with Crippen LogP contribution < -0.4 is 10.5 Å². The quantitative estimate of drug-likeness (QED) is 0.821. The van der Waals surface area contributed by atoms with Crippen molar-refractivity contribution in [1.82, 2.24) is 4.98 Å². The molecule has 1 aromatic carbocycles. The number of H-pyrrole nitrogens is 1. The number of rotatable bonds is 2. The first-order valence-corrected chi connectivity index (χ1v) is 4.87. The van der Waals surface area contributed by atoms with Crippen LogP contribution >= 0.6 is 11.6 Å². The van der Waals surface area contributed by atoms with E-state index < -0.39 is 0 Å². The monoisotopic (exact) mass is 222 g/mol. The molecular formula is C11H11ClN2O. The third-order valence-electron chi connectivity index (χ3n) is 2.22. The molecule has 0 radical (unpaired) electrons. The van der Waals surface area contributed by atoms with Crippen LogP contribution in [0.5, 0.6) is 5.75 Å². The van der Waals surface area contributed by atoms with Crippen molar-refractivity contribution in [3.8, 4) is 17.0 Å². The summed E-state index contributed by atoms with van der Waals surface area (Å²) in [5.41, 5.74) is 8.31. The Balaban J connectivity index is 2.47. The lowest BCUT2D eigenvalue weighted by Gasteiger charge is -2.05. The summed E-state index contributed by atoms with van der Waals surface area (Å²) in [7, 11) is 1.59. The summed E-state index contributed by atoms with van der Waals surface area (Å²) >= 11 is 6.02. The Bertz CT molecular complexity index is 479. The van der Waals surface area contributed by atoms with Crippen molar-refractivity contribution in [2.75, 3.05) is 12.8 Å². The summed E-state index contributed by atoms with van der Waals surface area (Å²) in [6.45, 7) is 0. The number of methoxy groups -OCH3 is 1. The second-order valence-corrected chi connectivity index (χ2v) is 3.56. The van der Waals surface area contributed by atoms with Gasteiger partial charge >= 0.3 is 0 Å². The maximum atomic E-state index is 6.02. The lowest BCUT2D eigenvalue weighted by atomic mass is 10.1. The van der Waals surface area contributed by atoms with Crippen LogP contribution in [0.15, 0.2) is 30.5 Å². The molecule has 0 aliphatic carbocycles. The molecule has 2 aromatic rings. The number of hydrogen-bond acceptors (Lipinski definition) is 2. The summed E-state index contributed by atoms with van der Waals surface area (Å²) in [6.07, 6.45) is 1.79. The standard InChI is InChI=1S/C11H11ClN2O/c1-15-10-3-2-7(6-8(10)12)11-9(13)4-5-14-11/h2-6,14H,13H2,1H3. The number of nitrogen functional groups attached to an aromatic ring is 1. The van der Waals surface area contributed by atoms with Gasteiger partial charge in [-0.2, -0.15) is 0 Å². The first-order chi connectivity index (χ1) is 7.22. The van der Waals surface area contributed by atoms with Gasteiger partial charge in [0.05, 0.1) is 23.5 Å². The molecule has 4 heteroatoms. The number of nitrogens with two attached hydrogens (primary N) is 1. The lowest BCUT2D eigenvalue weighted by Crippen LogP contribution is -1.88. The molecule has 0 atom stereocenters. The van der Waals surface area contributed by atoms with Crippen molar-refractivity contribution >= 4 is 17.3 Å². The van der Waals surface area contributed by atoms with E-state index in [-0.39, 0.29) is 0 Å². The Kier molecular flexibility index (Phi) is 2.56. The number of aromatic nitrogens is 1. The lowest BCUT2D eigenvalue weighted by molar-refractivity contribution is 0.415. The SMILES string of the molecule is COc1ccc(-c2[nH]ccc2N)cc1Cl. The molecule has 0 unspecified atom stereocenters. The average Bonchev–Trinajstić information content (AvgIpc) is 2.64. The highest BCUT2D eigenvalue weighted by atomic mass is 35.5. The van der Waals surface area contributed by atoms with Gasteiger partial charge in [0.25, 0.3) is 0 Å². The third-order valence-corrected chi connectivity index (χ3v) is 2.52. The first kappa shape index (κ1) is 9.93. The van der Waals surface area contributed by atoms with Crippen LogP contribution in [0.3, 0.4) is 0 Å². The highest BCUT2D eigenvalue weighted by Gasteiger charge is 2.06. The number of benzene rings is 1. The van der Waals surface area contributed by atoms with Crippen LogP contribution in [0.1, 0.15) is 0 Å². The Morgan fingerprint density at radius 2 is 2.13 bits per heavy atom. The Hall–Kier alpha value is -1.61. The topological polar surface area (TPSA) is 51.0 Å². The van der Waals surface area contributed by atoms with Gasteiger partial charge in [0, 0.05) is 11.8 Å². The average molecular weight is 223 g/mol. The maximum Gasteiger partial charge on any atom is 0.137 e. The molecule has 0 saturated carbocycles. The molecule has 78 valence electrons. The van der Waals surface area contributed by atoms with Crippen molar-refractivity contribution < 1.29 is 4.74 Å². The summed E-state index contributed by atoms with van der Waals surface area (Å²) in [6, 6.07) is 7.36. The van der Waals surface area contributed by atoms with Crippen LogP contribution in [0.25, 0.3) is 11.3 Å². The number of ether oxygens (including phenoxy) is 1.